The lowest BCUT2D eigenvalue weighted by Crippen LogP contribution is -2.15. The van der Waals surface area contributed by atoms with E-state index >= 15 is 0 Å². The minimum Gasteiger partial charge on any atom is -0.465 e. The Hall–Kier alpha value is -1.36. The smallest absolute Gasteiger partial charge is 0.350 e. The van der Waals surface area contributed by atoms with Gasteiger partial charge in [0.1, 0.15) is 4.88 Å². The predicted octanol–water partition coefficient (Wildman–Crippen LogP) is 3.75. The first-order valence-corrected chi connectivity index (χ1v) is 11.6. The van der Waals surface area contributed by atoms with Gasteiger partial charge in [0.2, 0.25) is 0 Å². The maximum absolute atomic E-state index is 12.5. The van der Waals surface area contributed by atoms with Gasteiger partial charge in [-0.1, -0.05) is 0 Å². The molecule has 10 heteroatoms. The van der Waals surface area contributed by atoms with Crippen molar-refractivity contribution in [3.63, 3.8) is 0 Å². The molecule has 0 fully saturated rings. The number of hydrogen-bond donors (Lipinski definition) is 1. The molecule has 2 aromatic heterocycles. The molecule has 6 nitrogen and oxygen atoms in total. The van der Waals surface area contributed by atoms with Crippen molar-refractivity contribution in [2.75, 3.05) is 18.7 Å². The van der Waals surface area contributed by atoms with Crippen LogP contribution in [-0.4, -0.2) is 38.9 Å². The highest BCUT2D eigenvalue weighted by atomic mass is 32.2. The molecule has 1 N–H and O–H groups in total. The monoisotopic (exact) mass is 419 g/mol. The summed E-state index contributed by atoms with van der Waals surface area (Å²) >= 11 is 3.55. The number of rotatable bonds is 6. The van der Waals surface area contributed by atoms with E-state index in [4.69, 9.17) is 0 Å². The van der Waals surface area contributed by atoms with Gasteiger partial charge < -0.3 is 10.1 Å². The zero-order valence-electron chi connectivity index (χ0n) is 14.0. The van der Waals surface area contributed by atoms with Crippen LogP contribution in [0.15, 0.2) is 26.6 Å². The lowest BCUT2D eigenvalue weighted by atomic mass is 10.3. The van der Waals surface area contributed by atoms with Crippen molar-refractivity contribution in [2.45, 2.75) is 28.2 Å². The molecule has 136 valence electrons. The van der Waals surface area contributed by atoms with Crippen LogP contribution in [-0.2, 0) is 14.6 Å². The Balaban J connectivity index is 2.34. The number of carbonyl (C=O) groups is 2. The molecule has 0 unspecified atom stereocenters. The minimum atomic E-state index is -3.48. The molecule has 0 saturated carbocycles. The van der Waals surface area contributed by atoms with E-state index in [1.165, 1.54) is 24.9 Å². The Morgan fingerprint density at radius 1 is 1.32 bits per heavy atom. The normalized spacial score (nSPS) is 11.6. The number of nitrogens with one attached hydrogen (secondary N) is 1. The average molecular weight is 420 g/mol. The van der Waals surface area contributed by atoms with Gasteiger partial charge in [0.25, 0.3) is 5.91 Å². The van der Waals surface area contributed by atoms with Gasteiger partial charge in [0.15, 0.2) is 9.84 Å². The largest absolute Gasteiger partial charge is 0.465 e. The summed E-state index contributed by atoms with van der Waals surface area (Å²) in [6.45, 7) is 3.20. The van der Waals surface area contributed by atoms with Gasteiger partial charge in [-0.2, -0.15) is 0 Å². The summed E-state index contributed by atoms with van der Waals surface area (Å²) in [5.41, 5.74) is 0.342. The Labute approximate surface area is 158 Å². The second-order valence-electron chi connectivity index (χ2n) is 5.17. The number of thiophene rings is 2. The van der Waals surface area contributed by atoms with Crippen molar-refractivity contribution in [2.24, 2.45) is 0 Å². The number of carbonyl (C=O) groups excluding carboxylic acids is 2. The highest BCUT2D eigenvalue weighted by molar-refractivity contribution is 8.01. The van der Waals surface area contributed by atoms with Crippen LogP contribution >= 0.6 is 34.4 Å². The van der Waals surface area contributed by atoms with Crippen molar-refractivity contribution in [3.8, 4) is 0 Å². The van der Waals surface area contributed by atoms with Crippen LogP contribution in [0.1, 0.15) is 33.2 Å². The predicted molar refractivity (Wildman–Crippen MR) is 102 cm³/mol. The Morgan fingerprint density at radius 3 is 2.56 bits per heavy atom. The molecular formula is C15H17NO5S4. The van der Waals surface area contributed by atoms with Crippen LogP contribution in [0.2, 0.25) is 0 Å². The summed E-state index contributed by atoms with van der Waals surface area (Å²) in [6.07, 6.45) is 1.76. The summed E-state index contributed by atoms with van der Waals surface area (Å²) in [4.78, 5) is 24.9. The number of hydrogen-bond acceptors (Lipinski definition) is 8. The second-order valence-corrected chi connectivity index (χ2v) is 10.7. The standard InChI is InChI=1S/C15H17NO5S4/c1-8(2)25(19,20)11-7-10(24-15(11)22-4)13(17)16-9-5-6-23-12(9)14(18)21-3/h5-8H,1-4H3,(H,16,17). The van der Waals surface area contributed by atoms with Crippen LogP contribution in [0.4, 0.5) is 5.69 Å². The van der Waals surface area contributed by atoms with Crippen molar-refractivity contribution in [3.05, 3.63) is 27.3 Å². The van der Waals surface area contributed by atoms with Crippen molar-refractivity contribution in [1.29, 1.82) is 0 Å². The van der Waals surface area contributed by atoms with E-state index in [0.29, 0.717) is 9.90 Å². The van der Waals surface area contributed by atoms with Gasteiger partial charge in [-0.25, -0.2) is 13.2 Å². The second kappa shape index (κ2) is 7.90. The molecule has 2 rings (SSSR count). The van der Waals surface area contributed by atoms with Gasteiger partial charge >= 0.3 is 5.97 Å². The Kier molecular flexibility index (Phi) is 6.30. The molecule has 0 aliphatic carbocycles. The van der Waals surface area contributed by atoms with Crippen LogP contribution in [0.3, 0.4) is 0 Å². The van der Waals surface area contributed by atoms with Crippen molar-refractivity contribution < 1.29 is 22.7 Å². The summed E-state index contributed by atoms with van der Waals surface area (Å²) in [7, 11) is -2.22. The Morgan fingerprint density at radius 2 is 2.00 bits per heavy atom. The number of amides is 1. The van der Waals surface area contributed by atoms with Gasteiger partial charge in [-0.05, 0) is 37.6 Å². The number of methoxy groups -OCH3 is 1. The molecule has 2 heterocycles. The Bertz CT molecular complexity index is 895. The summed E-state index contributed by atoms with van der Waals surface area (Å²) in [5.74, 6) is -1.00. The zero-order chi connectivity index (χ0) is 18.8. The fraction of sp³-hybridized carbons (Fsp3) is 0.333. The highest BCUT2D eigenvalue weighted by Gasteiger charge is 2.27. The minimum absolute atomic E-state index is 0.170. The van der Waals surface area contributed by atoms with E-state index in [9.17, 15) is 18.0 Å². The third kappa shape index (κ3) is 4.08. The SMILES string of the molecule is COC(=O)c1sccc1NC(=O)c1cc(S(=O)(=O)C(C)C)c(SC)s1. The van der Waals surface area contributed by atoms with E-state index < -0.39 is 27.0 Å². The summed E-state index contributed by atoms with van der Waals surface area (Å²) in [5, 5.41) is 3.73. The summed E-state index contributed by atoms with van der Waals surface area (Å²) in [6, 6.07) is 3.00. The molecule has 0 atom stereocenters. The van der Waals surface area contributed by atoms with Gasteiger partial charge in [0.05, 0.1) is 32.0 Å². The lowest BCUT2D eigenvalue weighted by molar-refractivity contribution is 0.0607. The van der Waals surface area contributed by atoms with E-state index in [2.05, 4.69) is 10.1 Å². The highest BCUT2D eigenvalue weighted by Crippen LogP contribution is 2.36. The van der Waals surface area contributed by atoms with E-state index in [1.54, 1.807) is 31.5 Å². The first-order chi connectivity index (χ1) is 11.7. The average Bonchev–Trinajstić information content (AvgIpc) is 3.20. The van der Waals surface area contributed by atoms with Gasteiger partial charge in [-0.15, -0.1) is 34.4 Å². The maximum atomic E-state index is 12.5. The molecule has 0 spiro atoms. The van der Waals surface area contributed by atoms with E-state index in [1.807, 2.05) is 0 Å². The molecule has 2 aromatic rings. The first-order valence-electron chi connectivity index (χ1n) is 7.11. The van der Waals surface area contributed by atoms with Crippen LogP contribution in [0.25, 0.3) is 0 Å². The van der Waals surface area contributed by atoms with E-state index in [0.717, 1.165) is 22.7 Å². The molecule has 0 aromatic carbocycles. The molecule has 0 aliphatic heterocycles. The molecule has 0 aliphatic rings. The van der Waals surface area contributed by atoms with Gasteiger partial charge in [0, 0.05) is 0 Å². The number of esters is 1. The third-order valence-electron chi connectivity index (χ3n) is 3.29. The molecule has 0 radical (unpaired) electrons. The molecule has 0 bridgehead atoms. The topological polar surface area (TPSA) is 89.5 Å². The number of sulfone groups is 1. The molecule has 0 saturated heterocycles. The quantitative estimate of drug-likeness (QED) is 0.566. The van der Waals surface area contributed by atoms with Crippen molar-refractivity contribution in [1.82, 2.24) is 0 Å². The third-order valence-corrected chi connectivity index (χ3v) is 8.88. The zero-order valence-corrected chi connectivity index (χ0v) is 17.2. The fourth-order valence-corrected chi connectivity index (χ4v) is 6.38. The molecule has 1 amide bonds. The first kappa shape index (κ1) is 20.0. The fourth-order valence-electron chi connectivity index (χ4n) is 1.91. The number of anilines is 1. The summed E-state index contributed by atoms with van der Waals surface area (Å²) < 4.78 is 30.1. The van der Waals surface area contributed by atoms with Crippen LogP contribution in [0, 0.1) is 0 Å². The van der Waals surface area contributed by atoms with Crippen LogP contribution in [0.5, 0.6) is 0 Å². The maximum Gasteiger partial charge on any atom is 0.350 e. The number of thioether (sulfide) groups is 1. The van der Waals surface area contributed by atoms with Crippen LogP contribution < -0.4 is 5.32 Å². The van der Waals surface area contributed by atoms with Gasteiger partial charge in [-0.3, -0.25) is 4.79 Å². The number of ether oxygens (including phenoxy) is 1. The molecular weight excluding hydrogens is 402 g/mol. The lowest BCUT2D eigenvalue weighted by Gasteiger charge is -2.06. The molecule has 25 heavy (non-hydrogen) atoms. The van der Waals surface area contributed by atoms with Crippen molar-refractivity contribution >= 4 is 61.8 Å². The van der Waals surface area contributed by atoms with E-state index in [-0.39, 0.29) is 14.6 Å².